The van der Waals surface area contributed by atoms with Gasteiger partial charge in [0.15, 0.2) is 16.3 Å². The Labute approximate surface area is 256 Å². The number of benzene rings is 2. The van der Waals surface area contributed by atoms with Crippen LogP contribution in [-0.2, 0) is 9.53 Å². The minimum absolute atomic E-state index is 0.178. The third-order valence-electron chi connectivity index (χ3n) is 6.52. The fourth-order valence-electron chi connectivity index (χ4n) is 4.74. The zero-order chi connectivity index (χ0) is 30.0. The third kappa shape index (κ3) is 5.64. The molecule has 0 spiro atoms. The fourth-order valence-corrected chi connectivity index (χ4v) is 6.16. The topological polar surface area (TPSA) is 92.3 Å². The van der Waals surface area contributed by atoms with Crippen molar-refractivity contribution in [1.82, 2.24) is 4.57 Å². The van der Waals surface area contributed by atoms with Gasteiger partial charge in [-0.2, -0.15) is 0 Å². The highest BCUT2D eigenvalue weighted by Gasteiger charge is 2.34. The lowest BCUT2D eigenvalue weighted by Crippen LogP contribution is -2.40. The van der Waals surface area contributed by atoms with Crippen molar-refractivity contribution in [2.75, 3.05) is 19.8 Å². The van der Waals surface area contributed by atoms with Crippen molar-refractivity contribution in [3.05, 3.63) is 101 Å². The molecule has 0 unspecified atom stereocenters. The number of carbonyl (C=O) groups excluding carboxylic acids is 1. The normalized spacial score (nSPS) is 14.9. The van der Waals surface area contributed by atoms with Crippen molar-refractivity contribution >= 4 is 46.6 Å². The van der Waals surface area contributed by atoms with Crippen LogP contribution in [0.1, 0.15) is 45.1 Å². The summed E-state index contributed by atoms with van der Waals surface area (Å²) in [5, 5.41) is 0.790. The molecule has 3 heterocycles. The molecule has 0 amide bonds. The Morgan fingerprint density at radius 1 is 1.05 bits per heavy atom. The van der Waals surface area contributed by atoms with Crippen LogP contribution in [0.25, 0.3) is 17.4 Å². The van der Waals surface area contributed by atoms with Crippen molar-refractivity contribution < 1.29 is 23.4 Å². The second kappa shape index (κ2) is 12.6. The number of halogens is 2. The van der Waals surface area contributed by atoms with Gasteiger partial charge in [0.2, 0.25) is 0 Å². The number of carbonyl (C=O) groups is 1. The standard InChI is InChI=1S/C31H28Cl2N2O6S/c1-5-38-23-13-11-18(15-24(23)39-6-2)28-26(30(37)40-7-3)17(4)34-31-35(28)29(36)25(42-31)16-19-12-14-22(41-19)20-9-8-10-21(32)27(20)33/h8-16,28H,5-7H2,1-4H3/b25-16-/t28-/m1/s1. The van der Waals surface area contributed by atoms with Crippen molar-refractivity contribution in [2.45, 2.75) is 33.7 Å². The van der Waals surface area contributed by atoms with Gasteiger partial charge >= 0.3 is 5.97 Å². The second-order valence-corrected chi connectivity index (χ2v) is 11.0. The largest absolute Gasteiger partial charge is 0.490 e. The number of fused-ring (bicyclic) bond motifs is 1. The summed E-state index contributed by atoms with van der Waals surface area (Å²) in [5.41, 5.74) is 1.71. The summed E-state index contributed by atoms with van der Waals surface area (Å²) >= 11 is 13.7. The lowest BCUT2D eigenvalue weighted by Gasteiger charge is -2.25. The predicted molar refractivity (Wildman–Crippen MR) is 163 cm³/mol. The minimum atomic E-state index is -0.797. The maximum atomic E-state index is 14.0. The van der Waals surface area contributed by atoms with E-state index in [1.54, 1.807) is 62.4 Å². The van der Waals surface area contributed by atoms with E-state index in [2.05, 4.69) is 4.99 Å². The van der Waals surface area contributed by atoms with Gasteiger partial charge in [0.1, 0.15) is 11.5 Å². The van der Waals surface area contributed by atoms with Gasteiger partial charge in [-0.3, -0.25) is 9.36 Å². The van der Waals surface area contributed by atoms with Crippen LogP contribution in [0.2, 0.25) is 10.0 Å². The molecule has 5 rings (SSSR count). The monoisotopic (exact) mass is 626 g/mol. The fraction of sp³-hybridized carbons (Fsp3) is 0.258. The van der Waals surface area contributed by atoms with Crippen LogP contribution < -0.4 is 24.4 Å². The smallest absolute Gasteiger partial charge is 0.338 e. The van der Waals surface area contributed by atoms with Crippen molar-refractivity contribution in [3.8, 4) is 22.8 Å². The zero-order valence-electron chi connectivity index (χ0n) is 23.4. The van der Waals surface area contributed by atoms with Crippen LogP contribution >= 0.6 is 34.5 Å². The van der Waals surface area contributed by atoms with Crippen molar-refractivity contribution in [2.24, 2.45) is 4.99 Å². The summed E-state index contributed by atoms with van der Waals surface area (Å²) in [7, 11) is 0. The first kappa shape index (κ1) is 29.7. The van der Waals surface area contributed by atoms with Crippen molar-refractivity contribution in [1.29, 1.82) is 0 Å². The zero-order valence-corrected chi connectivity index (χ0v) is 25.7. The lowest BCUT2D eigenvalue weighted by atomic mass is 9.95. The maximum Gasteiger partial charge on any atom is 0.338 e. The molecule has 1 aliphatic heterocycles. The highest BCUT2D eigenvalue weighted by atomic mass is 35.5. The Kier molecular flexibility index (Phi) is 8.91. The summed E-state index contributed by atoms with van der Waals surface area (Å²) in [6.45, 7) is 8.28. The van der Waals surface area contributed by atoms with Gasteiger partial charge in [0.05, 0.1) is 51.7 Å². The van der Waals surface area contributed by atoms with Crippen LogP contribution in [0.5, 0.6) is 11.5 Å². The Morgan fingerprint density at radius 3 is 2.55 bits per heavy atom. The van der Waals surface area contributed by atoms with Gasteiger partial charge in [-0.05, 0) is 69.7 Å². The molecule has 2 aromatic carbocycles. The molecule has 2 aromatic heterocycles. The first-order valence-electron chi connectivity index (χ1n) is 13.4. The number of furan rings is 1. The van der Waals surface area contributed by atoms with E-state index in [1.807, 2.05) is 19.9 Å². The number of nitrogens with zero attached hydrogens (tertiary/aromatic N) is 2. The number of thiazole rings is 1. The Morgan fingerprint density at radius 2 is 1.81 bits per heavy atom. The summed E-state index contributed by atoms with van der Waals surface area (Å²) in [6.07, 6.45) is 1.65. The van der Waals surface area contributed by atoms with E-state index in [0.29, 0.717) is 72.4 Å². The number of allylic oxidation sites excluding steroid dienone is 1. The average molecular weight is 628 g/mol. The summed E-state index contributed by atoms with van der Waals surface area (Å²) in [5.74, 6) is 1.50. The van der Waals surface area contributed by atoms with Gasteiger partial charge in [0.25, 0.3) is 5.56 Å². The van der Waals surface area contributed by atoms with E-state index in [4.69, 9.17) is 41.8 Å². The molecule has 42 heavy (non-hydrogen) atoms. The van der Waals surface area contributed by atoms with E-state index in [9.17, 15) is 9.59 Å². The molecule has 11 heteroatoms. The molecule has 1 aliphatic rings. The number of hydrogen-bond donors (Lipinski definition) is 0. The van der Waals surface area contributed by atoms with Crippen molar-refractivity contribution in [3.63, 3.8) is 0 Å². The first-order chi connectivity index (χ1) is 20.3. The quantitative estimate of drug-likeness (QED) is 0.207. The Hall–Kier alpha value is -3.79. The summed E-state index contributed by atoms with van der Waals surface area (Å²) in [6, 6.07) is 13.4. The molecule has 218 valence electrons. The van der Waals surface area contributed by atoms with E-state index >= 15 is 0 Å². The average Bonchev–Trinajstić information content (AvgIpc) is 3.55. The van der Waals surface area contributed by atoms with Crippen LogP contribution in [0.3, 0.4) is 0 Å². The van der Waals surface area contributed by atoms with E-state index < -0.39 is 12.0 Å². The molecule has 8 nitrogen and oxygen atoms in total. The number of hydrogen-bond acceptors (Lipinski definition) is 8. The summed E-state index contributed by atoms with van der Waals surface area (Å²) in [4.78, 5) is 32.3. The maximum absolute atomic E-state index is 14.0. The number of ether oxygens (including phenoxy) is 3. The molecule has 0 bridgehead atoms. The highest BCUT2D eigenvalue weighted by molar-refractivity contribution is 7.07. The molecule has 0 radical (unpaired) electrons. The Bertz CT molecular complexity index is 1870. The van der Waals surface area contributed by atoms with Crippen LogP contribution in [0.15, 0.2) is 74.0 Å². The molecule has 0 fully saturated rings. The number of aromatic nitrogens is 1. The van der Waals surface area contributed by atoms with E-state index in [0.717, 1.165) is 0 Å². The van der Waals surface area contributed by atoms with E-state index in [-0.39, 0.29) is 17.7 Å². The number of esters is 1. The molecule has 1 atom stereocenters. The van der Waals surface area contributed by atoms with Crippen LogP contribution in [0, 0.1) is 0 Å². The molecule has 0 saturated carbocycles. The van der Waals surface area contributed by atoms with Crippen LogP contribution in [-0.4, -0.2) is 30.4 Å². The number of rotatable bonds is 9. The van der Waals surface area contributed by atoms with E-state index in [1.165, 1.54) is 15.9 Å². The first-order valence-corrected chi connectivity index (χ1v) is 15.0. The Balaban J connectivity index is 1.65. The van der Waals surface area contributed by atoms with Gasteiger partial charge in [-0.25, -0.2) is 9.79 Å². The lowest BCUT2D eigenvalue weighted by molar-refractivity contribution is -0.139. The SMILES string of the molecule is CCOC(=O)C1=C(C)N=c2s/c(=C\c3ccc(-c4cccc(Cl)c4Cl)o3)c(=O)n2[C@@H]1c1ccc(OCC)c(OCC)c1. The summed E-state index contributed by atoms with van der Waals surface area (Å²) < 4.78 is 24.9. The molecular weight excluding hydrogens is 599 g/mol. The minimum Gasteiger partial charge on any atom is -0.490 e. The van der Waals surface area contributed by atoms with Gasteiger partial charge < -0.3 is 18.6 Å². The molecular formula is C31H28Cl2N2O6S. The molecule has 0 aliphatic carbocycles. The molecule has 4 aromatic rings. The van der Waals surface area contributed by atoms with Gasteiger partial charge in [0, 0.05) is 11.6 Å². The van der Waals surface area contributed by atoms with Gasteiger partial charge in [-0.1, -0.05) is 46.7 Å². The predicted octanol–water partition coefficient (Wildman–Crippen LogP) is 6.16. The molecule has 0 N–H and O–H groups in total. The van der Waals surface area contributed by atoms with Crippen LogP contribution in [0.4, 0.5) is 0 Å². The second-order valence-electron chi connectivity index (χ2n) is 9.18. The highest BCUT2D eigenvalue weighted by Crippen LogP contribution is 2.37. The third-order valence-corrected chi connectivity index (χ3v) is 8.32. The molecule has 0 saturated heterocycles. The van der Waals surface area contributed by atoms with Gasteiger partial charge in [-0.15, -0.1) is 0 Å².